The molecule has 1 atom stereocenters. The summed E-state index contributed by atoms with van der Waals surface area (Å²) in [6, 6.07) is 9.76. The Bertz CT molecular complexity index is 650. The number of benzene rings is 1. The van der Waals surface area contributed by atoms with Gasteiger partial charge < -0.3 is 10.4 Å². The quantitative estimate of drug-likeness (QED) is 0.782. The lowest BCUT2D eigenvalue weighted by molar-refractivity contribution is 0.0915. The Morgan fingerprint density at radius 2 is 2.00 bits per heavy atom. The minimum absolute atomic E-state index is 0.172. The Hall–Kier alpha value is -2.14. The van der Waals surface area contributed by atoms with E-state index in [0.29, 0.717) is 17.9 Å². The van der Waals surface area contributed by atoms with Crippen molar-refractivity contribution < 1.29 is 9.90 Å². The molecule has 0 bridgehead atoms. The van der Waals surface area contributed by atoms with E-state index in [0.717, 1.165) is 24.2 Å². The monoisotopic (exact) mass is 329 g/mol. The van der Waals surface area contributed by atoms with Crippen LogP contribution < -0.4 is 5.32 Å². The lowest BCUT2D eigenvalue weighted by atomic mass is 10.1. The van der Waals surface area contributed by atoms with Crippen LogP contribution in [0.3, 0.4) is 0 Å². The van der Waals surface area contributed by atoms with Gasteiger partial charge in [-0.1, -0.05) is 51.1 Å². The van der Waals surface area contributed by atoms with Gasteiger partial charge >= 0.3 is 0 Å². The van der Waals surface area contributed by atoms with E-state index in [1.54, 1.807) is 6.20 Å². The number of amides is 1. The van der Waals surface area contributed by atoms with Crippen LogP contribution in [0.15, 0.2) is 36.5 Å². The maximum atomic E-state index is 12.4. The molecule has 1 unspecified atom stereocenters. The lowest BCUT2D eigenvalue weighted by Crippen LogP contribution is -2.33. The van der Waals surface area contributed by atoms with Gasteiger partial charge in [0.15, 0.2) is 0 Å². The molecule has 1 aromatic carbocycles. The highest BCUT2D eigenvalue weighted by Gasteiger charge is 2.17. The average Bonchev–Trinajstić information content (AvgIpc) is 2.95. The van der Waals surface area contributed by atoms with Crippen LogP contribution >= 0.6 is 0 Å². The zero-order chi connectivity index (χ0) is 17.5. The molecule has 5 heteroatoms. The van der Waals surface area contributed by atoms with Gasteiger partial charge in [-0.15, -0.1) is 0 Å². The van der Waals surface area contributed by atoms with Crippen molar-refractivity contribution >= 4 is 5.91 Å². The largest absolute Gasteiger partial charge is 0.391 e. The first-order valence-corrected chi connectivity index (χ1v) is 8.56. The first-order chi connectivity index (χ1) is 11.5. The molecular weight excluding hydrogens is 302 g/mol. The summed E-state index contributed by atoms with van der Waals surface area (Å²) >= 11 is 0. The van der Waals surface area contributed by atoms with Crippen LogP contribution in [0.2, 0.25) is 0 Å². The number of aliphatic hydroxyl groups is 1. The standard InChI is InChI=1S/C19H27N3O2/c1-4-18-17(12-21-22(18)13-14(2)3)19(24)20-11-16(23)10-15-8-6-5-7-9-15/h5-9,12,14,16,23H,4,10-11,13H2,1-3H3,(H,20,24). The number of hydrogen-bond acceptors (Lipinski definition) is 3. The van der Waals surface area contributed by atoms with E-state index in [-0.39, 0.29) is 12.5 Å². The first kappa shape index (κ1) is 18.2. The van der Waals surface area contributed by atoms with Crippen molar-refractivity contribution in [3.05, 3.63) is 53.3 Å². The second kappa shape index (κ2) is 8.64. The van der Waals surface area contributed by atoms with Crippen molar-refractivity contribution in [2.24, 2.45) is 5.92 Å². The second-order valence-electron chi connectivity index (χ2n) is 6.49. The van der Waals surface area contributed by atoms with E-state index in [9.17, 15) is 9.90 Å². The van der Waals surface area contributed by atoms with Gasteiger partial charge in [0.25, 0.3) is 5.91 Å². The zero-order valence-electron chi connectivity index (χ0n) is 14.7. The SMILES string of the molecule is CCc1c(C(=O)NCC(O)Cc2ccccc2)cnn1CC(C)C. The summed E-state index contributed by atoms with van der Waals surface area (Å²) in [6.45, 7) is 7.30. The van der Waals surface area contributed by atoms with E-state index in [4.69, 9.17) is 0 Å². The second-order valence-corrected chi connectivity index (χ2v) is 6.49. The highest BCUT2D eigenvalue weighted by atomic mass is 16.3. The fraction of sp³-hybridized carbons (Fsp3) is 0.474. The van der Waals surface area contributed by atoms with Gasteiger partial charge in [0, 0.05) is 19.5 Å². The molecule has 0 saturated carbocycles. The molecule has 1 aromatic heterocycles. The van der Waals surface area contributed by atoms with Crippen molar-refractivity contribution in [2.45, 2.75) is 46.3 Å². The van der Waals surface area contributed by atoms with Gasteiger partial charge in [-0.2, -0.15) is 5.10 Å². The molecule has 0 aliphatic heterocycles. The van der Waals surface area contributed by atoms with Crippen LogP contribution in [0.5, 0.6) is 0 Å². The molecule has 0 aliphatic rings. The number of carbonyl (C=O) groups is 1. The highest BCUT2D eigenvalue weighted by Crippen LogP contribution is 2.12. The Kier molecular flexibility index (Phi) is 6.55. The summed E-state index contributed by atoms with van der Waals surface area (Å²) in [5.41, 5.74) is 2.60. The number of hydrogen-bond donors (Lipinski definition) is 2. The Morgan fingerprint density at radius 1 is 1.29 bits per heavy atom. The van der Waals surface area contributed by atoms with Crippen molar-refractivity contribution in [1.29, 1.82) is 0 Å². The minimum Gasteiger partial charge on any atom is -0.391 e. The molecule has 0 fully saturated rings. The van der Waals surface area contributed by atoms with E-state index >= 15 is 0 Å². The van der Waals surface area contributed by atoms with Crippen molar-refractivity contribution in [3.63, 3.8) is 0 Å². The number of nitrogens with one attached hydrogen (secondary N) is 1. The number of nitrogens with zero attached hydrogens (tertiary/aromatic N) is 2. The molecule has 0 radical (unpaired) electrons. The summed E-state index contributed by atoms with van der Waals surface area (Å²) in [4.78, 5) is 12.4. The van der Waals surface area contributed by atoms with Crippen LogP contribution in [0.4, 0.5) is 0 Å². The summed E-state index contributed by atoms with van der Waals surface area (Å²) in [5, 5.41) is 17.3. The minimum atomic E-state index is -0.605. The molecule has 2 N–H and O–H groups in total. The third-order valence-corrected chi connectivity index (χ3v) is 3.88. The number of aliphatic hydroxyl groups excluding tert-OH is 1. The predicted molar refractivity (Wildman–Crippen MR) is 94.9 cm³/mol. The Balaban J connectivity index is 1.93. The van der Waals surface area contributed by atoms with Gasteiger partial charge in [-0.25, -0.2) is 0 Å². The van der Waals surface area contributed by atoms with Gasteiger partial charge in [-0.05, 0) is 17.9 Å². The molecule has 130 valence electrons. The molecule has 2 aromatic rings. The van der Waals surface area contributed by atoms with Crippen molar-refractivity contribution in [2.75, 3.05) is 6.54 Å². The summed E-state index contributed by atoms with van der Waals surface area (Å²) in [6.07, 6.45) is 2.29. The Morgan fingerprint density at radius 3 is 2.62 bits per heavy atom. The summed E-state index contributed by atoms with van der Waals surface area (Å²) in [5.74, 6) is 0.299. The van der Waals surface area contributed by atoms with Gasteiger partial charge in [0.2, 0.25) is 0 Å². The topological polar surface area (TPSA) is 67.2 Å². The van der Waals surface area contributed by atoms with Crippen LogP contribution in [-0.4, -0.2) is 33.4 Å². The lowest BCUT2D eigenvalue weighted by Gasteiger charge is -2.13. The van der Waals surface area contributed by atoms with Crippen LogP contribution in [0.1, 0.15) is 42.4 Å². The zero-order valence-corrected chi connectivity index (χ0v) is 14.7. The van der Waals surface area contributed by atoms with Crippen LogP contribution in [0, 0.1) is 5.92 Å². The normalized spacial score (nSPS) is 12.4. The maximum absolute atomic E-state index is 12.4. The molecule has 24 heavy (non-hydrogen) atoms. The van der Waals surface area contributed by atoms with E-state index in [2.05, 4.69) is 24.3 Å². The Labute approximate surface area is 143 Å². The number of aromatic nitrogens is 2. The predicted octanol–water partition coefficient (Wildman–Crippen LogP) is 2.43. The van der Waals surface area contributed by atoms with E-state index in [1.807, 2.05) is 41.9 Å². The molecule has 0 aliphatic carbocycles. The fourth-order valence-electron chi connectivity index (χ4n) is 2.74. The van der Waals surface area contributed by atoms with Gasteiger partial charge in [0.05, 0.1) is 23.6 Å². The molecule has 1 amide bonds. The third kappa shape index (κ3) is 4.93. The molecule has 0 spiro atoms. The first-order valence-electron chi connectivity index (χ1n) is 8.56. The van der Waals surface area contributed by atoms with Crippen LogP contribution in [-0.2, 0) is 19.4 Å². The smallest absolute Gasteiger partial charge is 0.254 e. The maximum Gasteiger partial charge on any atom is 0.254 e. The van der Waals surface area contributed by atoms with E-state index in [1.165, 1.54) is 0 Å². The number of rotatable bonds is 8. The van der Waals surface area contributed by atoms with E-state index < -0.39 is 6.10 Å². The molecule has 5 nitrogen and oxygen atoms in total. The van der Waals surface area contributed by atoms with Crippen molar-refractivity contribution in [3.8, 4) is 0 Å². The summed E-state index contributed by atoms with van der Waals surface area (Å²) in [7, 11) is 0. The molecule has 2 rings (SSSR count). The van der Waals surface area contributed by atoms with Crippen molar-refractivity contribution in [1.82, 2.24) is 15.1 Å². The molecule has 0 saturated heterocycles. The summed E-state index contributed by atoms with van der Waals surface area (Å²) < 4.78 is 1.90. The van der Waals surface area contributed by atoms with Gasteiger partial charge in [-0.3, -0.25) is 9.48 Å². The van der Waals surface area contributed by atoms with Crippen LogP contribution in [0.25, 0.3) is 0 Å². The van der Waals surface area contributed by atoms with Gasteiger partial charge in [0.1, 0.15) is 0 Å². The number of carbonyl (C=O) groups excluding carboxylic acids is 1. The third-order valence-electron chi connectivity index (χ3n) is 3.88. The molecule has 1 heterocycles. The average molecular weight is 329 g/mol. The fourth-order valence-corrected chi connectivity index (χ4v) is 2.74. The molecular formula is C19H27N3O2. The highest BCUT2D eigenvalue weighted by molar-refractivity contribution is 5.95.